The van der Waals surface area contributed by atoms with Crippen LogP contribution in [0.5, 0.6) is 0 Å². The Bertz CT molecular complexity index is 457. The van der Waals surface area contributed by atoms with E-state index in [0.29, 0.717) is 18.8 Å². The molecule has 1 unspecified atom stereocenters. The minimum atomic E-state index is -0.712. The number of aryl methyl sites for hydroxylation is 1. The molecule has 0 radical (unpaired) electrons. The largest absolute Gasteiger partial charge is 0.467 e. The second-order valence-electron chi connectivity index (χ2n) is 4.01. The van der Waals surface area contributed by atoms with Crippen LogP contribution in [-0.4, -0.2) is 59.5 Å². The quantitative estimate of drug-likeness (QED) is 0.660. The van der Waals surface area contributed by atoms with Gasteiger partial charge in [-0.15, -0.1) is 0 Å². The Morgan fingerprint density at radius 3 is 2.94 bits per heavy atom. The Morgan fingerprint density at radius 2 is 2.33 bits per heavy atom. The van der Waals surface area contributed by atoms with E-state index in [1.54, 1.807) is 28.9 Å². The molecule has 1 atom stereocenters. The molecule has 1 aromatic rings. The second-order valence-corrected chi connectivity index (χ2v) is 4.01. The molecule has 1 amide bonds. The van der Waals surface area contributed by atoms with Gasteiger partial charge in [-0.2, -0.15) is 5.10 Å². The number of rotatable bonds is 2. The number of ether oxygens (including phenoxy) is 2. The highest BCUT2D eigenvalue weighted by Gasteiger charge is 2.30. The molecule has 2 rings (SSSR count). The van der Waals surface area contributed by atoms with E-state index in [0.717, 1.165) is 0 Å². The van der Waals surface area contributed by atoms with Crippen molar-refractivity contribution in [2.75, 3.05) is 26.8 Å². The first-order chi connectivity index (χ1) is 8.61. The predicted molar refractivity (Wildman–Crippen MR) is 60.9 cm³/mol. The summed E-state index contributed by atoms with van der Waals surface area (Å²) in [6, 6.07) is 1.64. The van der Waals surface area contributed by atoms with Crippen molar-refractivity contribution >= 4 is 11.9 Å². The number of amides is 1. The molecule has 0 aromatic carbocycles. The molecule has 1 aromatic heterocycles. The van der Waals surface area contributed by atoms with Gasteiger partial charge in [-0.3, -0.25) is 9.48 Å². The molecule has 0 N–H and O–H groups in total. The first kappa shape index (κ1) is 12.6. The number of methoxy groups -OCH3 is 1. The number of morpholine rings is 1. The summed E-state index contributed by atoms with van der Waals surface area (Å²) in [6.45, 7) is 0.962. The van der Waals surface area contributed by atoms with Gasteiger partial charge < -0.3 is 14.4 Å². The Labute approximate surface area is 104 Å². The van der Waals surface area contributed by atoms with Gasteiger partial charge in [-0.1, -0.05) is 0 Å². The monoisotopic (exact) mass is 253 g/mol. The van der Waals surface area contributed by atoms with Crippen LogP contribution in [0.1, 0.15) is 10.5 Å². The van der Waals surface area contributed by atoms with E-state index in [1.807, 2.05) is 0 Å². The minimum Gasteiger partial charge on any atom is -0.467 e. The Balaban J connectivity index is 2.05. The van der Waals surface area contributed by atoms with Crippen molar-refractivity contribution in [3.05, 3.63) is 18.0 Å². The summed E-state index contributed by atoms with van der Waals surface area (Å²) in [4.78, 5) is 25.0. The minimum absolute atomic E-state index is 0.197. The van der Waals surface area contributed by atoms with Crippen LogP contribution in [-0.2, 0) is 21.3 Å². The van der Waals surface area contributed by atoms with Crippen molar-refractivity contribution in [3.8, 4) is 0 Å². The normalized spacial score (nSPS) is 19.7. The van der Waals surface area contributed by atoms with Crippen LogP contribution in [0.25, 0.3) is 0 Å². The molecule has 0 aliphatic carbocycles. The van der Waals surface area contributed by atoms with Crippen LogP contribution < -0.4 is 0 Å². The maximum atomic E-state index is 12.1. The third kappa shape index (κ3) is 2.51. The Morgan fingerprint density at radius 1 is 1.56 bits per heavy atom. The fourth-order valence-electron chi connectivity index (χ4n) is 1.80. The number of hydrogen-bond acceptors (Lipinski definition) is 5. The average molecular weight is 253 g/mol. The molecule has 0 bridgehead atoms. The number of carbonyl (C=O) groups is 2. The van der Waals surface area contributed by atoms with Gasteiger partial charge >= 0.3 is 5.97 Å². The topological polar surface area (TPSA) is 73.7 Å². The Hall–Kier alpha value is -1.89. The maximum absolute atomic E-state index is 12.1. The molecule has 0 spiro atoms. The van der Waals surface area contributed by atoms with Gasteiger partial charge in [0, 0.05) is 19.8 Å². The molecule has 1 aliphatic rings. The SMILES string of the molecule is COC(=O)C1CN(C(=O)c2ccn(C)n2)CCO1. The van der Waals surface area contributed by atoms with Gasteiger partial charge in [0.2, 0.25) is 0 Å². The summed E-state index contributed by atoms with van der Waals surface area (Å²) in [5.74, 6) is -0.665. The van der Waals surface area contributed by atoms with Gasteiger partial charge in [-0.05, 0) is 6.07 Å². The molecule has 1 aliphatic heterocycles. The van der Waals surface area contributed by atoms with Gasteiger partial charge in [0.25, 0.3) is 5.91 Å². The van der Waals surface area contributed by atoms with Gasteiger partial charge in [0.05, 0.1) is 20.3 Å². The molecule has 7 heteroatoms. The zero-order valence-electron chi connectivity index (χ0n) is 10.3. The van der Waals surface area contributed by atoms with Crippen molar-refractivity contribution in [1.29, 1.82) is 0 Å². The van der Waals surface area contributed by atoms with E-state index in [9.17, 15) is 9.59 Å². The number of carbonyl (C=O) groups excluding carboxylic acids is 2. The average Bonchev–Trinajstić information content (AvgIpc) is 2.83. The summed E-state index contributed by atoms with van der Waals surface area (Å²) < 4.78 is 11.4. The first-order valence-corrected chi connectivity index (χ1v) is 5.60. The van der Waals surface area contributed by atoms with E-state index in [-0.39, 0.29) is 12.5 Å². The predicted octanol–water partition coefficient (Wildman–Crippen LogP) is -0.566. The number of esters is 1. The third-order valence-electron chi connectivity index (χ3n) is 2.75. The number of hydrogen-bond donors (Lipinski definition) is 0. The molecule has 7 nitrogen and oxygen atoms in total. The van der Waals surface area contributed by atoms with Crippen molar-refractivity contribution in [3.63, 3.8) is 0 Å². The zero-order valence-corrected chi connectivity index (χ0v) is 10.3. The van der Waals surface area contributed by atoms with E-state index >= 15 is 0 Å². The standard InChI is InChI=1S/C11H15N3O4/c1-13-4-3-8(12-13)10(15)14-5-6-18-9(7-14)11(16)17-2/h3-4,9H,5-7H2,1-2H3. The van der Waals surface area contributed by atoms with Crippen molar-refractivity contribution in [2.24, 2.45) is 7.05 Å². The van der Waals surface area contributed by atoms with Gasteiger partial charge in [0.1, 0.15) is 5.69 Å². The van der Waals surface area contributed by atoms with Crippen LogP contribution in [0.3, 0.4) is 0 Å². The van der Waals surface area contributed by atoms with E-state index in [1.165, 1.54) is 7.11 Å². The molecular weight excluding hydrogens is 238 g/mol. The van der Waals surface area contributed by atoms with E-state index < -0.39 is 12.1 Å². The van der Waals surface area contributed by atoms with E-state index in [2.05, 4.69) is 9.84 Å². The van der Waals surface area contributed by atoms with Crippen LogP contribution in [0.4, 0.5) is 0 Å². The van der Waals surface area contributed by atoms with Crippen LogP contribution in [0, 0.1) is 0 Å². The lowest BCUT2D eigenvalue weighted by Crippen LogP contribution is -2.49. The number of aromatic nitrogens is 2. The maximum Gasteiger partial charge on any atom is 0.336 e. The Kier molecular flexibility index (Phi) is 3.61. The van der Waals surface area contributed by atoms with Crippen LogP contribution >= 0.6 is 0 Å². The lowest BCUT2D eigenvalue weighted by Gasteiger charge is -2.30. The van der Waals surface area contributed by atoms with Crippen molar-refractivity contribution < 1.29 is 19.1 Å². The van der Waals surface area contributed by atoms with Gasteiger partial charge in [0.15, 0.2) is 6.10 Å². The smallest absolute Gasteiger partial charge is 0.336 e. The lowest BCUT2D eigenvalue weighted by molar-refractivity contribution is -0.158. The molecule has 98 valence electrons. The molecule has 0 saturated carbocycles. The first-order valence-electron chi connectivity index (χ1n) is 5.60. The molecule has 1 saturated heterocycles. The third-order valence-corrected chi connectivity index (χ3v) is 2.75. The summed E-state index contributed by atoms with van der Waals surface area (Å²) in [7, 11) is 3.04. The zero-order chi connectivity index (χ0) is 13.1. The summed E-state index contributed by atoms with van der Waals surface area (Å²) in [5, 5.41) is 4.04. The molecule has 1 fully saturated rings. The van der Waals surface area contributed by atoms with E-state index in [4.69, 9.17) is 4.74 Å². The summed E-state index contributed by atoms with van der Waals surface area (Å²) in [5.41, 5.74) is 0.364. The molecule has 2 heterocycles. The highest BCUT2D eigenvalue weighted by molar-refractivity contribution is 5.92. The fourth-order valence-corrected chi connectivity index (χ4v) is 1.80. The number of nitrogens with zero attached hydrogens (tertiary/aromatic N) is 3. The summed E-state index contributed by atoms with van der Waals surface area (Å²) >= 11 is 0. The summed E-state index contributed by atoms with van der Waals surface area (Å²) in [6.07, 6.45) is 0.988. The highest BCUT2D eigenvalue weighted by Crippen LogP contribution is 2.10. The van der Waals surface area contributed by atoms with Gasteiger partial charge in [-0.25, -0.2) is 4.79 Å². The van der Waals surface area contributed by atoms with Crippen LogP contribution in [0.15, 0.2) is 12.3 Å². The lowest BCUT2D eigenvalue weighted by atomic mass is 10.2. The fraction of sp³-hybridized carbons (Fsp3) is 0.545. The van der Waals surface area contributed by atoms with Crippen molar-refractivity contribution in [1.82, 2.24) is 14.7 Å². The van der Waals surface area contributed by atoms with Crippen LogP contribution in [0.2, 0.25) is 0 Å². The van der Waals surface area contributed by atoms with Crippen molar-refractivity contribution in [2.45, 2.75) is 6.10 Å². The molecule has 18 heavy (non-hydrogen) atoms. The highest BCUT2D eigenvalue weighted by atomic mass is 16.6. The molecular formula is C11H15N3O4. The second kappa shape index (κ2) is 5.18.